The molecule has 0 bridgehead atoms. The number of carbonyl (C=O) groups is 1. The number of hydrogen-bond acceptors (Lipinski definition) is 9. The lowest BCUT2D eigenvalue weighted by Gasteiger charge is -2.29. The first-order valence-electron chi connectivity index (χ1n) is 10.3. The second-order valence-corrected chi connectivity index (χ2v) is 11.7. The minimum atomic E-state index is -3.28. The van der Waals surface area contributed by atoms with Gasteiger partial charge in [-0.1, -0.05) is 37.3 Å². The van der Waals surface area contributed by atoms with Gasteiger partial charge in [0.2, 0.25) is 11.2 Å². The van der Waals surface area contributed by atoms with E-state index in [2.05, 4.69) is 40.2 Å². The van der Waals surface area contributed by atoms with Gasteiger partial charge in [-0.25, -0.2) is 18.4 Å². The number of aromatic nitrogens is 3. The zero-order chi connectivity index (χ0) is 24.6. The molecule has 0 spiro atoms. The fraction of sp³-hybridized carbons (Fsp3) is 0.318. The maximum Gasteiger partial charge on any atom is 0.230 e. The van der Waals surface area contributed by atoms with Crippen molar-refractivity contribution in [2.75, 3.05) is 16.5 Å². The fourth-order valence-electron chi connectivity index (χ4n) is 3.90. The van der Waals surface area contributed by atoms with E-state index >= 15 is 0 Å². The highest BCUT2D eigenvalue weighted by Crippen LogP contribution is 2.45. The molecule has 9 nitrogen and oxygen atoms in total. The molecule has 0 radical (unpaired) electrons. The lowest BCUT2D eigenvalue weighted by atomic mass is 10.0. The minimum Gasteiger partial charge on any atom is -0.341 e. The number of rotatable bonds is 6. The number of thiazole rings is 1. The molecule has 1 unspecified atom stereocenters. The molecule has 1 aliphatic heterocycles. The summed E-state index contributed by atoms with van der Waals surface area (Å²) in [6.07, 6.45) is 2.65. The van der Waals surface area contributed by atoms with Gasteiger partial charge in [-0.05, 0) is 35.2 Å². The van der Waals surface area contributed by atoms with Crippen LogP contribution in [0.4, 0.5) is 10.9 Å². The summed E-state index contributed by atoms with van der Waals surface area (Å²) in [6, 6.07) is 8.22. The van der Waals surface area contributed by atoms with Crippen LogP contribution in [-0.2, 0) is 27.6 Å². The molecule has 1 amide bonds. The topological polar surface area (TPSA) is 129 Å². The second kappa shape index (κ2) is 9.29. The van der Waals surface area contributed by atoms with Gasteiger partial charge in [0.05, 0.1) is 40.7 Å². The average Bonchev–Trinajstić information content (AvgIpc) is 3.30. The Morgan fingerprint density at radius 2 is 2.03 bits per heavy atom. The Balaban J connectivity index is 1.51. The normalized spacial score (nSPS) is 15.3. The first-order valence-corrected chi connectivity index (χ1v) is 13.4. The smallest absolute Gasteiger partial charge is 0.230 e. The molecule has 0 aliphatic carbocycles. The minimum absolute atomic E-state index is 0.0669. The van der Waals surface area contributed by atoms with Crippen molar-refractivity contribution in [2.45, 2.75) is 37.8 Å². The molecular weight excluding hydrogens is 496 g/mol. The van der Waals surface area contributed by atoms with Crippen LogP contribution in [0.3, 0.4) is 0 Å². The predicted octanol–water partition coefficient (Wildman–Crippen LogP) is 3.76. The molecule has 3 aromatic rings. The van der Waals surface area contributed by atoms with E-state index in [4.69, 9.17) is 11.6 Å². The van der Waals surface area contributed by atoms with Crippen molar-refractivity contribution in [2.24, 2.45) is 5.92 Å². The van der Waals surface area contributed by atoms with Gasteiger partial charge in [0.1, 0.15) is 11.6 Å². The molecule has 0 saturated heterocycles. The summed E-state index contributed by atoms with van der Waals surface area (Å²) >= 11 is 7.38. The number of sulfone groups is 1. The Labute approximate surface area is 206 Å². The molecule has 3 heterocycles. The number of nitrogens with zero attached hydrogens (tertiary/aromatic N) is 5. The van der Waals surface area contributed by atoms with Crippen LogP contribution in [0.15, 0.2) is 35.4 Å². The molecule has 1 atom stereocenters. The molecule has 4 rings (SSSR count). The zero-order valence-electron chi connectivity index (χ0n) is 18.6. The SMILES string of the molecule is CC(C)C1c2nc(NC(=O)Cc3ccc(S(C)(=O)=O)cc3)sc2CN1c1nc(Cl)ncc1C#N. The first-order chi connectivity index (χ1) is 16.1. The van der Waals surface area contributed by atoms with E-state index in [-0.39, 0.29) is 34.5 Å². The van der Waals surface area contributed by atoms with Crippen LogP contribution < -0.4 is 10.2 Å². The molecule has 0 fully saturated rings. The lowest BCUT2D eigenvalue weighted by molar-refractivity contribution is -0.115. The zero-order valence-corrected chi connectivity index (χ0v) is 21.0. The first kappa shape index (κ1) is 24.1. The second-order valence-electron chi connectivity index (χ2n) is 8.27. The highest BCUT2D eigenvalue weighted by Gasteiger charge is 2.38. The van der Waals surface area contributed by atoms with Crippen LogP contribution in [0.1, 0.15) is 41.6 Å². The van der Waals surface area contributed by atoms with Crippen molar-refractivity contribution in [3.8, 4) is 6.07 Å². The molecule has 34 heavy (non-hydrogen) atoms. The molecule has 176 valence electrons. The van der Waals surface area contributed by atoms with Gasteiger partial charge in [0.15, 0.2) is 20.8 Å². The number of carbonyl (C=O) groups excluding carboxylic acids is 1. The van der Waals surface area contributed by atoms with Gasteiger partial charge in [-0.3, -0.25) is 4.79 Å². The van der Waals surface area contributed by atoms with Gasteiger partial charge in [-0.2, -0.15) is 10.2 Å². The third kappa shape index (κ3) is 4.89. The molecular formula is C22H21ClN6O3S2. The molecule has 2 aromatic heterocycles. The van der Waals surface area contributed by atoms with Crippen LogP contribution in [0.5, 0.6) is 0 Å². The molecule has 12 heteroatoms. The van der Waals surface area contributed by atoms with Gasteiger partial charge in [0.25, 0.3) is 0 Å². The summed E-state index contributed by atoms with van der Waals surface area (Å²) in [5.74, 6) is 0.377. The van der Waals surface area contributed by atoms with Crippen LogP contribution in [0, 0.1) is 17.2 Å². The van der Waals surface area contributed by atoms with E-state index in [9.17, 15) is 18.5 Å². The van der Waals surface area contributed by atoms with Gasteiger partial charge in [0, 0.05) is 6.26 Å². The van der Waals surface area contributed by atoms with Gasteiger partial charge >= 0.3 is 0 Å². The Hall–Kier alpha value is -3.07. The highest BCUT2D eigenvalue weighted by atomic mass is 35.5. The van der Waals surface area contributed by atoms with Crippen molar-refractivity contribution in [1.29, 1.82) is 5.26 Å². The summed E-state index contributed by atoms with van der Waals surface area (Å²) < 4.78 is 23.2. The quantitative estimate of drug-likeness (QED) is 0.490. The molecule has 1 N–H and O–H groups in total. The van der Waals surface area contributed by atoms with E-state index in [1.54, 1.807) is 12.1 Å². The van der Waals surface area contributed by atoms with Crippen molar-refractivity contribution < 1.29 is 13.2 Å². The number of nitrogens with one attached hydrogen (secondary N) is 1. The Morgan fingerprint density at radius 3 is 2.65 bits per heavy atom. The summed E-state index contributed by atoms with van der Waals surface area (Å²) in [6.45, 7) is 4.60. The Bertz CT molecular complexity index is 1400. The molecule has 1 aromatic carbocycles. The average molecular weight is 517 g/mol. The third-order valence-corrected chi connectivity index (χ3v) is 7.67. The van der Waals surface area contributed by atoms with Crippen LogP contribution in [0.25, 0.3) is 0 Å². The van der Waals surface area contributed by atoms with Crippen molar-refractivity contribution in [1.82, 2.24) is 15.0 Å². The van der Waals surface area contributed by atoms with Gasteiger partial charge < -0.3 is 10.2 Å². The number of anilines is 2. The van der Waals surface area contributed by atoms with Gasteiger partial charge in [-0.15, -0.1) is 0 Å². The number of fused-ring (bicyclic) bond motifs is 1. The maximum absolute atomic E-state index is 12.6. The number of halogens is 1. The maximum atomic E-state index is 12.6. The standard InChI is InChI=1S/C22H21ClN6O3S2/c1-12(2)19-18-16(11-29(19)20-14(9-24)10-25-21(23)28-20)33-22(27-18)26-17(30)8-13-4-6-15(7-5-13)34(3,31)32/h4-7,10,12,19H,8,11H2,1-3H3,(H,26,27,30). The number of benzene rings is 1. The van der Waals surface area contributed by atoms with Crippen LogP contribution in [-0.4, -0.2) is 35.5 Å². The number of nitriles is 1. The summed E-state index contributed by atoms with van der Waals surface area (Å²) in [4.78, 5) is 28.6. The Kier molecular flexibility index (Phi) is 6.58. The van der Waals surface area contributed by atoms with E-state index in [0.717, 1.165) is 16.8 Å². The van der Waals surface area contributed by atoms with Crippen LogP contribution >= 0.6 is 22.9 Å². The molecule has 1 aliphatic rings. The number of hydrogen-bond donors (Lipinski definition) is 1. The fourth-order valence-corrected chi connectivity index (χ4v) is 5.67. The third-order valence-electron chi connectivity index (χ3n) is 5.38. The summed E-state index contributed by atoms with van der Waals surface area (Å²) in [7, 11) is -3.28. The van der Waals surface area contributed by atoms with Crippen molar-refractivity contribution in [3.63, 3.8) is 0 Å². The summed E-state index contributed by atoms with van der Waals surface area (Å²) in [5.41, 5.74) is 1.87. The monoisotopic (exact) mass is 516 g/mol. The van der Waals surface area contributed by atoms with E-state index in [0.29, 0.717) is 28.6 Å². The lowest BCUT2D eigenvalue weighted by Crippen LogP contribution is -2.28. The largest absolute Gasteiger partial charge is 0.341 e. The van der Waals surface area contributed by atoms with Crippen LogP contribution in [0.2, 0.25) is 5.28 Å². The van der Waals surface area contributed by atoms with Crippen molar-refractivity contribution in [3.05, 3.63) is 57.4 Å². The van der Waals surface area contributed by atoms with E-state index in [1.807, 2.05) is 4.90 Å². The van der Waals surface area contributed by atoms with Crippen molar-refractivity contribution >= 4 is 49.6 Å². The van der Waals surface area contributed by atoms with E-state index < -0.39 is 9.84 Å². The van der Waals surface area contributed by atoms with E-state index in [1.165, 1.54) is 29.7 Å². The Morgan fingerprint density at radius 1 is 1.32 bits per heavy atom. The predicted molar refractivity (Wildman–Crippen MR) is 130 cm³/mol. The number of amides is 1. The summed E-state index contributed by atoms with van der Waals surface area (Å²) in [5, 5.41) is 12.9. The molecule has 0 saturated carbocycles. The highest BCUT2D eigenvalue weighted by molar-refractivity contribution is 7.90.